The Balaban J connectivity index is 0.00000110. The standard InChI is InChI=1S/C13H16N6.2ClH/c1-13(2,14)7-19-12-5-11(18-8-15-16-9-18)4-3-10(12)6-17-19;;/h3-6,8-9H,7,14H2,1-2H3;2*1H. The van der Waals surface area contributed by atoms with Gasteiger partial charge >= 0.3 is 0 Å². The van der Waals surface area contributed by atoms with E-state index in [2.05, 4.69) is 21.4 Å². The summed E-state index contributed by atoms with van der Waals surface area (Å²) in [6.07, 6.45) is 5.21. The molecule has 6 nitrogen and oxygen atoms in total. The lowest BCUT2D eigenvalue weighted by atomic mass is 10.1. The van der Waals surface area contributed by atoms with Crippen LogP contribution in [0.25, 0.3) is 16.6 Å². The fourth-order valence-electron chi connectivity index (χ4n) is 2.07. The average Bonchev–Trinajstić information content (AvgIpc) is 2.96. The van der Waals surface area contributed by atoms with E-state index in [0.29, 0.717) is 6.54 Å². The lowest BCUT2D eigenvalue weighted by molar-refractivity contribution is 0.416. The molecule has 0 saturated heterocycles. The van der Waals surface area contributed by atoms with Crippen molar-refractivity contribution >= 4 is 35.7 Å². The number of benzene rings is 1. The Kier molecular flexibility index (Phi) is 5.33. The van der Waals surface area contributed by atoms with Crippen molar-refractivity contribution in [3.63, 3.8) is 0 Å². The Morgan fingerprint density at radius 3 is 2.43 bits per heavy atom. The molecule has 0 fully saturated rings. The van der Waals surface area contributed by atoms with E-state index in [1.54, 1.807) is 12.7 Å². The highest BCUT2D eigenvalue weighted by molar-refractivity contribution is 5.85. The van der Waals surface area contributed by atoms with Crippen LogP contribution < -0.4 is 5.73 Å². The predicted molar refractivity (Wildman–Crippen MR) is 87.4 cm³/mol. The second-order valence-electron chi connectivity index (χ2n) is 5.40. The van der Waals surface area contributed by atoms with Crippen LogP contribution in [0.4, 0.5) is 0 Å². The molecule has 0 aliphatic carbocycles. The summed E-state index contributed by atoms with van der Waals surface area (Å²) >= 11 is 0. The van der Waals surface area contributed by atoms with Crippen LogP contribution in [0, 0.1) is 0 Å². The fraction of sp³-hybridized carbons (Fsp3) is 0.308. The largest absolute Gasteiger partial charge is 0.324 e. The van der Waals surface area contributed by atoms with E-state index in [0.717, 1.165) is 16.6 Å². The van der Waals surface area contributed by atoms with Crippen molar-refractivity contribution in [1.29, 1.82) is 0 Å². The maximum atomic E-state index is 6.06. The molecule has 8 heteroatoms. The van der Waals surface area contributed by atoms with Crippen LogP contribution in [-0.2, 0) is 6.54 Å². The Morgan fingerprint density at radius 1 is 1.14 bits per heavy atom. The van der Waals surface area contributed by atoms with Gasteiger partial charge in [0.1, 0.15) is 12.7 Å². The summed E-state index contributed by atoms with van der Waals surface area (Å²) in [5.41, 5.74) is 7.83. The third-order valence-corrected chi connectivity index (χ3v) is 2.90. The summed E-state index contributed by atoms with van der Waals surface area (Å²) in [6, 6.07) is 6.13. The normalized spacial score (nSPS) is 11.0. The molecule has 0 atom stereocenters. The molecule has 0 amide bonds. The maximum Gasteiger partial charge on any atom is 0.123 e. The zero-order valence-electron chi connectivity index (χ0n) is 11.8. The van der Waals surface area contributed by atoms with E-state index >= 15 is 0 Å². The van der Waals surface area contributed by atoms with Gasteiger partial charge in [0.2, 0.25) is 0 Å². The number of hydrogen-bond donors (Lipinski definition) is 1. The molecule has 0 bridgehead atoms. The molecule has 0 aliphatic heterocycles. The second-order valence-corrected chi connectivity index (χ2v) is 5.40. The third-order valence-electron chi connectivity index (χ3n) is 2.90. The van der Waals surface area contributed by atoms with Gasteiger partial charge in [-0.15, -0.1) is 35.0 Å². The van der Waals surface area contributed by atoms with Crippen LogP contribution >= 0.6 is 24.8 Å². The predicted octanol–water partition coefficient (Wildman–Crippen LogP) is 2.20. The molecule has 0 radical (unpaired) electrons. The van der Waals surface area contributed by atoms with Crippen molar-refractivity contribution in [2.24, 2.45) is 5.73 Å². The molecule has 0 unspecified atom stereocenters. The molecule has 21 heavy (non-hydrogen) atoms. The van der Waals surface area contributed by atoms with Crippen LogP contribution in [-0.4, -0.2) is 30.1 Å². The van der Waals surface area contributed by atoms with Crippen molar-refractivity contribution in [1.82, 2.24) is 24.5 Å². The van der Waals surface area contributed by atoms with E-state index in [4.69, 9.17) is 5.73 Å². The smallest absolute Gasteiger partial charge is 0.123 e. The Hall–Kier alpha value is -1.63. The molecule has 0 spiro atoms. The lowest BCUT2D eigenvalue weighted by Crippen LogP contribution is -2.37. The van der Waals surface area contributed by atoms with Crippen LogP contribution in [0.15, 0.2) is 37.1 Å². The Labute approximate surface area is 135 Å². The Morgan fingerprint density at radius 2 is 1.81 bits per heavy atom. The van der Waals surface area contributed by atoms with Crippen molar-refractivity contribution in [3.05, 3.63) is 37.1 Å². The highest BCUT2D eigenvalue weighted by Gasteiger charge is 2.14. The monoisotopic (exact) mass is 328 g/mol. The summed E-state index contributed by atoms with van der Waals surface area (Å²) in [5.74, 6) is 0. The van der Waals surface area contributed by atoms with Crippen LogP contribution in [0.5, 0.6) is 0 Å². The minimum Gasteiger partial charge on any atom is -0.324 e. The average molecular weight is 329 g/mol. The zero-order valence-corrected chi connectivity index (χ0v) is 13.4. The summed E-state index contributed by atoms with van der Waals surface area (Å²) < 4.78 is 3.80. The molecule has 0 saturated carbocycles. The number of fused-ring (bicyclic) bond motifs is 1. The zero-order chi connectivity index (χ0) is 13.5. The Bertz CT molecular complexity index is 699. The SMILES string of the molecule is CC(C)(N)Cn1ncc2ccc(-n3cnnc3)cc21.Cl.Cl. The number of rotatable bonds is 3. The third kappa shape index (κ3) is 3.72. The highest BCUT2D eigenvalue weighted by Crippen LogP contribution is 2.19. The first-order chi connectivity index (χ1) is 9.03. The first-order valence-corrected chi connectivity index (χ1v) is 6.12. The molecule has 1 aromatic carbocycles. The van der Waals surface area contributed by atoms with E-state index in [1.165, 1.54) is 0 Å². The van der Waals surface area contributed by atoms with E-state index in [1.807, 2.05) is 41.4 Å². The molecular weight excluding hydrogens is 311 g/mol. The van der Waals surface area contributed by atoms with Crippen LogP contribution in [0.2, 0.25) is 0 Å². The minimum absolute atomic E-state index is 0. The number of aromatic nitrogens is 5. The van der Waals surface area contributed by atoms with Crippen molar-refractivity contribution < 1.29 is 0 Å². The lowest BCUT2D eigenvalue weighted by Gasteiger charge is -2.18. The first-order valence-electron chi connectivity index (χ1n) is 6.12. The van der Waals surface area contributed by atoms with E-state index < -0.39 is 0 Å². The van der Waals surface area contributed by atoms with Gasteiger partial charge in [-0.2, -0.15) is 5.10 Å². The maximum absolute atomic E-state index is 6.06. The summed E-state index contributed by atoms with van der Waals surface area (Å²) in [7, 11) is 0. The van der Waals surface area contributed by atoms with Gasteiger partial charge in [-0.05, 0) is 32.0 Å². The number of nitrogens with two attached hydrogens (primary N) is 1. The number of nitrogens with zero attached hydrogens (tertiary/aromatic N) is 5. The molecule has 2 aromatic heterocycles. The quantitative estimate of drug-likeness (QED) is 0.799. The summed E-state index contributed by atoms with van der Waals surface area (Å²) in [4.78, 5) is 0. The van der Waals surface area contributed by atoms with Gasteiger partial charge in [0.05, 0.1) is 23.9 Å². The van der Waals surface area contributed by atoms with Crippen molar-refractivity contribution in [3.8, 4) is 5.69 Å². The topological polar surface area (TPSA) is 74.6 Å². The van der Waals surface area contributed by atoms with Gasteiger partial charge in [-0.1, -0.05) is 0 Å². The minimum atomic E-state index is -0.300. The molecule has 2 heterocycles. The van der Waals surface area contributed by atoms with E-state index in [9.17, 15) is 0 Å². The number of hydrogen-bond acceptors (Lipinski definition) is 4. The molecule has 2 N–H and O–H groups in total. The van der Waals surface area contributed by atoms with Gasteiger partial charge in [-0.25, -0.2) is 0 Å². The van der Waals surface area contributed by atoms with Crippen molar-refractivity contribution in [2.75, 3.05) is 0 Å². The van der Waals surface area contributed by atoms with E-state index in [-0.39, 0.29) is 30.4 Å². The van der Waals surface area contributed by atoms with Crippen LogP contribution in [0.1, 0.15) is 13.8 Å². The summed E-state index contributed by atoms with van der Waals surface area (Å²) in [5, 5.41) is 13.1. The molecule has 3 aromatic rings. The van der Waals surface area contributed by atoms with Crippen molar-refractivity contribution in [2.45, 2.75) is 25.9 Å². The first kappa shape index (κ1) is 17.4. The molecule has 0 aliphatic rings. The molecular formula is C13H18Cl2N6. The van der Waals surface area contributed by atoms with Gasteiger partial charge in [0.15, 0.2) is 0 Å². The van der Waals surface area contributed by atoms with Crippen LogP contribution in [0.3, 0.4) is 0 Å². The molecule has 114 valence electrons. The fourth-order valence-corrected chi connectivity index (χ4v) is 2.07. The van der Waals surface area contributed by atoms with Gasteiger partial charge < -0.3 is 5.73 Å². The number of halogens is 2. The van der Waals surface area contributed by atoms with Gasteiger partial charge in [0, 0.05) is 10.9 Å². The second kappa shape index (κ2) is 6.43. The van der Waals surface area contributed by atoms with Gasteiger partial charge in [0.25, 0.3) is 0 Å². The highest BCUT2D eigenvalue weighted by atomic mass is 35.5. The molecule has 3 rings (SSSR count). The van der Waals surface area contributed by atoms with Gasteiger partial charge in [-0.3, -0.25) is 9.25 Å². The summed E-state index contributed by atoms with van der Waals surface area (Å²) in [6.45, 7) is 4.65.